The van der Waals surface area contributed by atoms with Crippen molar-refractivity contribution in [1.29, 1.82) is 0 Å². The van der Waals surface area contributed by atoms with Gasteiger partial charge in [-0.3, -0.25) is 0 Å². The smallest absolute Gasteiger partial charge is 0.155 e. The average molecular weight is 160 g/mol. The number of hydrogen-bond donors (Lipinski definition) is 1. The summed E-state index contributed by atoms with van der Waals surface area (Å²) in [4.78, 5) is 4.03. The van der Waals surface area contributed by atoms with Crippen molar-refractivity contribution in [2.75, 3.05) is 0 Å². The Morgan fingerprint density at radius 3 is 3.08 bits per heavy atom. The highest BCUT2D eigenvalue weighted by atomic mass is 16.3. The van der Waals surface area contributed by atoms with Gasteiger partial charge in [-0.05, 0) is 5.46 Å². The van der Waals surface area contributed by atoms with E-state index in [0.717, 1.165) is 11.1 Å². The molecular weight excluding hydrogens is 153 g/mol. The monoisotopic (exact) mass is 160 g/mol. The number of nitrogens with zero attached hydrogens (tertiary/aromatic N) is 3. The molecule has 0 spiro atoms. The zero-order chi connectivity index (χ0) is 8.55. The van der Waals surface area contributed by atoms with Gasteiger partial charge in [0.15, 0.2) is 13.0 Å². The number of hydrogen-bond acceptors (Lipinski definition) is 3. The standard InChI is InChI=1S/C7H7BN3O/c1-8-6-3-10-11-4-5(12)2-9-7(6)11/h2-4,12H,1H3. The summed E-state index contributed by atoms with van der Waals surface area (Å²) in [5.41, 5.74) is 1.73. The van der Waals surface area contributed by atoms with E-state index in [1.165, 1.54) is 12.4 Å². The summed E-state index contributed by atoms with van der Waals surface area (Å²) in [6.07, 6.45) is 4.64. The maximum atomic E-state index is 9.08. The molecule has 0 fully saturated rings. The Labute approximate surface area is 70.1 Å². The van der Waals surface area contributed by atoms with E-state index < -0.39 is 0 Å². The summed E-state index contributed by atoms with van der Waals surface area (Å²) < 4.78 is 1.55. The first-order chi connectivity index (χ1) is 5.81. The van der Waals surface area contributed by atoms with E-state index in [-0.39, 0.29) is 5.75 Å². The number of fused-ring (bicyclic) bond motifs is 1. The van der Waals surface area contributed by atoms with Crippen molar-refractivity contribution < 1.29 is 5.11 Å². The van der Waals surface area contributed by atoms with Crippen LogP contribution < -0.4 is 5.46 Å². The highest BCUT2D eigenvalue weighted by Crippen LogP contribution is 2.04. The molecule has 2 aromatic rings. The molecule has 0 atom stereocenters. The van der Waals surface area contributed by atoms with Crippen LogP contribution in [0, 0.1) is 0 Å². The molecule has 0 unspecified atom stereocenters. The molecule has 0 aromatic carbocycles. The lowest BCUT2D eigenvalue weighted by molar-refractivity contribution is 0.467. The Kier molecular flexibility index (Phi) is 1.50. The molecule has 59 valence electrons. The van der Waals surface area contributed by atoms with Crippen molar-refractivity contribution >= 4 is 18.4 Å². The van der Waals surface area contributed by atoms with Gasteiger partial charge in [-0.25, -0.2) is 9.50 Å². The summed E-state index contributed by atoms with van der Waals surface area (Å²) in [7, 11) is 1.92. The van der Waals surface area contributed by atoms with Gasteiger partial charge >= 0.3 is 0 Å². The third-order valence-electron chi connectivity index (χ3n) is 1.68. The molecule has 0 aliphatic heterocycles. The van der Waals surface area contributed by atoms with E-state index in [1.54, 1.807) is 10.7 Å². The van der Waals surface area contributed by atoms with Gasteiger partial charge in [-0.15, -0.1) is 0 Å². The van der Waals surface area contributed by atoms with Gasteiger partial charge in [0.1, 0.15) is 5.65 Å². The molecule has 0 saturated carbocycles. The Bertz CT molecular complexity index is 412. The lowest BCUT2D eigenvalue weighted by Crippen LogP contribution is -2.09. The Morgan fingerprint density at radius 1 is 1.50 bits per heavy atom. The molecule has 2 heterocycles. The second kappa shape index (κ2) is 2.51. The van der Waals surface area contributed by atoms with Crippen LogP contribution in [0.3, 0.4) is 0 Å². The highest BCUT2D eigenvalue weighted by Gasteiger charge is 2.03. The lowest BCUT2D eigenvalue weighted by Gasteiger charge is -1.94. The fourth-order valence-electron chi connectivity index (χ4n) is 1.09. The molecule has 0 aliphatic carbocycles. The van der Waals surface area contributed by atoms with Crippen LogP contribution in [0.25, 0.3) is 5.65 Å². The largest absolute Gasteiger partial charge is 0.505 e. The van der Waals surface area contributed by atoms with Gasteiger partial charge in [-0.2, -0.15) is 5.10 Å². The molecule has 0 amide bonds. The summed E-state index contributed by atoms with van der Waals surface area (Å²) in [6, 6.07) is 0. The normalized spacial score (nSPS) is 10.4. The van der Waals surface area contributed by atoms with E-state index in [9.17, 15) is 0 Å². The van der Waals surface area contributed by atoms with Crippen LogP contribution in [0.5, 0.6) is 5.75 Å². The third-order valence-corrected chi connectivity index (χ3v) is 1.68. The van der Waals surface area contributed by atoms with Crippen molar-refractivity contribution in [2.24, 2.45) is 0 Å². The van der Waals surface area contributed by atoms with Gasteiger partial charge in [0.2, 0.25) is 0 Å². The SMILES string of the molecule is C[B]c1cnn2cc(O)cnc12. The maximum absolute atomic E-state index is 9.08. The van der Waals surface area contributed by atoms with Crippen molar-refractivity contribution in [3.63, 3.8) is 0 Å². The van der Waals surface area contributed by atoms with Gasteiger partial charge in [0, 0.05) is 6.20 Å². The topological polar surface area (TPSA) is 50.4 Å². The number of rotatable bonds is 1. The molecule has 0 aliphatic rings. The molecule has 1 radical (unpaired) electrons. The van der Waals surface area contributed by atoms with Crippen LogP contribution in [0.15, 0.2) is 18.6 Å². The van der Waals surface area contributed by atoms with E-state index in [0.29, 0.717) is 0 Å². The first-order valence-electron chi connectivity index (χ1n) is 3.63. The van der Waals surface area contributed by atoms with E-state index in [2.05, 4.69) is 10.1 Å². The fraction of sp³-hybridized carbons (Fsp3) is 0.143. The first-order valence-corrected chi connectivity index (χ1v) is 3.63. The molecule has 12 heavy (non-hydrogen) atoms. The maximum Gasteiger partial charge on any atom is 0.155 e. The van der Waals surface area contributed by atoms with Gasteiger partial charge in [0.25, 0.3) is 0 Å². The fourth-order valence-corrected chi connectivity index (χ4v) is 1.09. The number of aromatic hydroxyl groups is 1. The zero-order valence-electron chi connectivity index (χ0n) is 6.60. The van der Waals surface area contributed by atoms with Crippen molar-refractivity contribution in [2.45, 2.75) is 6.82 Å². The third kappa shape index (κ3) is 0.940. The molecule has 0 saturated heterocycles. The predicted octanol–water partition coefficient (Wildman–Crippen LogP) is -0.188. The summed E-state index contributed by atoms with van der Waals surface area (Å²) in [6.45, 7) is 1.92. The summed E-state index contributed by atoms with van der Waals surface area (Å²) >= 11 is 0. The molecule has 2 rings (SSSR count). The molecule has 5 heteroatoms. The molecule has 1 N–H and O–H groups in total. The Hall–Kier alpha value is -1.52. The van der Waals surface area contributed by atoms with Crippen LogP contribution in [0.1, 0.15) is 0 Å². The molecular formula is C7H7BN3O. The van der Waals surface area contributed by atoms with E-state index >= 15 is 0 Å². The van der Waals surface area contributed by atoms with Gasteiger partial charge in [-0.1, -0.05) is 6.82 Å². The van der Waals surface area contributed by atoms with Crippen LogP contribution in [-0.2, 0) is 0 Å². The Balaban J connectivity index is 2.73. The quantitative estimate of drug-likeness (QED) is 0.588. The van der Waals surface area contributed by atoms with Crippen LogP contribution in [0.4, 0.5) is 0 Å². The van der Waals surface area contributed by atoms with Crippen LogP contribution in [-0.4, -0.2) is 27.0 Å². The van der Waals surface area contributed by atoms with Gasteiger partial charge < -0.3 is 5.11 Å². The minimum Gasteiger partial charge on any atom is -0.505 e. The van der Waals surface area contributed by atoms with Crippen molar-refractivity contribution in [3.05, 3.63) is 18.6 Å². The summed E-state index contributed by atoms with van der Waals surface area (Å²) in [5.74, 6) is 0.119. The highest BCUT2D eigenvalue weighted by molar-refractivity contribution is 6.54. The second-order valence-corrected chi connectivity index (χ2v) is 2.47. The first kappa shape index (κ1) is 7.15. The molecule has 2 aromatic heterocycles. The summed E-state index contributed by atoms with van der Waals surface area (Å²) in [5, 5.41) is 13.1. The van der Waals surface area contributed by atoms with E-state index in [4.69, 9.17) is 5.11 Å². The lowest BCUT2D eigenvalue weighted by atomic mass is 9.75. The average Bonchev–Trinajstić information content (AvgIpc) is 2.46. The minimum atomic E-state index is 0.119. The van der Waals surface area contributed by atoms with Crippen LogP contribution >= 0.6 is 0 Å². The van der Waals surface area contributed by atoms with Crippen molar-refractivity contribution in [3.8, 4) is 5.75 Å². The Morgan fingerprint density at radius 2 is 2.33 bits per heavy atom. The van der Waals surface area contributed by atoms with E-state index in [1.807, 2.05) is 14.1 Å². The second-order valence-electron chi connectivity index (χ2n) is 2.47. The predicted molar refractivity (Wildman–Crippen MR) is 45.9 cm³/mol. The minimum absolute atomic E-state index is 0.119. The zero-order valence-corrected chi connectivity index (χ0v) is 6.60. The number of aromatic nitrogens is 3. The van der Waals surface area contributed by atoms with Crippen molar-refractivity contribution in [1.82, 2.24) is 14.6 Å². The molecule has 4 nitrogen and oxygen atoms in total. The van der Waals surface area contributed by atoms with Gasteiger partial charge in [0.05, 0.1) is 12.4 Å². The molecule has 0 bridgehead atoms. The van der Waals surface area contributed by atoms with Crippen LogP contribution in [0.2, 0.25) is 6.82 Å².